The van der Waals surface area contributed by atoms with Crippen molar-refractivity contribution in [1.29, 1.82) is 0 Å². The Labute approximate surface area is 140 Å². The lowest BCUT2D eigenvalue weighted by atomic mass is 10.2. The van der Waals surface area contributed by atoms with Gasteiger partial charge in [0.1, 0.15) is 5.82 Å². The summed E-state index contributed by atoms with van der Waals surface area (Å²) in [5.74, 6) is -1.84. The van der Waals surface area contributed by atoms with Crippen LogP contribution in [0.1, 0.15) is 20.7 Å². The molecule has 0 saturated carbocycles. The van der Waals surface area contributed by atoms with Gasteiger partial charge in [-0.25, -0.2) is 4.39 Å². The molecular formula is C15H12FN3O4S. The van der Waals surface area contributed by atoms with E-state index < -0.39 is 22.6 Å². The third kappa shape index (κ3) is 4.07. The standard InChI is InChI=1S/C15H12FN3O4S/c1-24-13-7-4-10(8-12(13)19(22)23)15(21)18-17-14(20)9-2-5-11(16)6-3-9/h2-8H,1H3,(H,17,20)(H,18,21). The number of halogens is 1. The fraction of sp³-hybridized carbons (Fsp3) is 0.0667. The van der Waals surface area contributed by atoms with Gasteiger partial charge in [0.2, 0.25) is 0 Å². The van der Waals surface area contributed by atoms with Gasteiger partial charge in [-0.3, -0.25) is 30.6 Å². The van der Waals surface area contributed by atoms with Crippen molar-refractivity contribution in [3.63, 3.8) is 0 Å². The van der Waals surface area contributed by atoms with Gasteiger partial charge in [-0.2, -0.15) is 0 Å². The van der Waals surface area contributed by atoms with Crippen molar-refractivity contribution in [2.75, 3.05) is 6.26 Å². The van der Waals surface area contributed by atoms with Crippen LogP contribution in [0, 0.1) is 15.9 Å². The van der Waals surface area contributed by atoms with E-state index in [1.165, 1.54) is 36.0 Å². The molecule has 0 heterocycles. The number of nitrogens with one attached hydrogen (secondary N) is 2. The van der Waals surface area contributed by atoms with E-state index in [0.29, 0.717) is 4.90 Å². The third-order valence-corrected chi connectivity index (χ3v) is 3.82. The van der Waals surface area contributed by atoms with Crippen LogP contribution in [0.3, 0.4) is 0 Å². The van der Waals surface area contributed by atoms with Gasteiger partial charge in [-0.15, -0.1) is 11.8 Å². The summed E-state index contributed by atoms with van der Waals surface area (Å²) in [6, 6.07) is 8.75. The highest BCUT2D eigenvalue weighted by Crippen LogP contribution is 2.28. The number of nitrogens with zero attached hydrogens (tertiary/aromatic N) is 1. The Balaban J connectivity index is 2.07. The van der Waals surface area contributed by atoms with E-state index in [-0.39, 0.29) is 16.8 Å². The molecule has 0 spiro atoms. The fourth-order valence-corrected chi connectivity index (χ4v) is 2.38. The normalized spacial score (nSPS) is 10.1. The average molecular weight is 349 g/mol. The molecule has 0 aliphatic rings. The molecule has 0 aromatic heterocycles. The number of rotatable bonds is 4. The fourth-order valence-electron chi connectivity index (χ4n) is 1.83. The van der Waals surface area contributed by atoms with Crippen molar-refractivity contribution < 1.29 is 18.9 Å². The van der Waals surface area contributed by atoms with Gasteiger partial charge in [0.25, 0.3) is 17.5 Å². The van der Waals surface area contributed by atoms with E-state index in [9.17, 15) is 24.1 Å². The van der Waals surface area contributed by atoms with E-state index in [4.69, 9.17) is 0 Å². The van der Waals surface area contributed by atoms with Crippen LogP contribution in [-0.4, -0.2) is 23.0 Å². The Morgan fingerprint density at radius 3 is 2.12 bits per heavy atom. The molecule has 2 rings (SSSR count). The molecule has 0 bridgehead atoms. The maximum atomic E-state index is 12.8. The van der Waals surface area contributed by atoms with Crippen molar-refractivity contribution >= 4 is 29.3 Å². The third-order valence-electron chi connectivity index (χ3n) is 3.03. The number of benzene rings is 2. The summed E-state index contributed by atoms with van der Waals surface area (Å²) in [5, 5.41) is 11.0. The second-order valence-corrected chi connectivity index (χ2v) is 5.41. The maximum absolute atomic E-state index is 12.8. The van der Waals surface area contributed by atoms with Gasteiger partial charge < -0.3 is 0 Å². The van der Waals surface area contributed by atoms with Crippen molar-refractivity contribution in [3.8, 4) is 0 Å². The second-order valence-electron chi connectivity index (χ2n) is 4.56. The Kier molecular flexibility index (Phi) is 5.48. The SMILES string of the molecule is CSc1ccc(C(=O)NNC(=O)c2ccc(F)cc2)cc1[N+](=O)[O-]. The zero-order valence-corrected chi connectivity index (χ0v) is 13.2. The molecule has 0 aliphatic heterocycles. The van der Waals surface area contributed by atoms with Crippen LogP contribution in [-0.2, 0) is 0 Å². The van der Waals surface area contributed by atoms with Crippen LogP contribution in [0.5, 0.6) is 0 Å². The molecule has 2 aromatic rings. The van der Waals surface area contributed by atoms with Gasteiger partial charge in [-0.05, 0) is 42.7 Å². The number of amides is 2. The van der Waals surface area contributed by atoms with Crippen LogP contribution in [0.2, 0.25) is 0 Å². The lowest BCUT2D eigenvalue weighted by Gasteiger charge is -2.08. The van der Waals surface area contributed by atoms with Crippen LogP contribution in [0.15, 0.2) is 47.4 Å². The maximum Gasteiger partial charge on any atom is 0.283 e. The number of thioether (sulfide) groups is 1. The minimum Gasteiger partial charge on any atom is -0.267 e. The number of hydrogen-bond acceptors (Lipinski definition) is 5. The molecule has 0 atom stereocenters. The molecule has 2 aromatic carbocycles. The van der Waals surface area contributed by atoms with Gasteiger partial charge in [0.05, 0.1) is 9.82 Å². The number of hydrogen-bond donors (Lipinski definition) is 2. The minimum atomic E-state index is -0.707. The molecule has 0 aliphatic carbocycles. The first-order valence-corrected chi connectivity index (χ1v) is 7.83. The summed E-state index contributed by atoms with van der Waals surface area (Å²) >= 11 is 1.19. The molecule has 7 nitrogen and oxygen atoms in total. The number of nitro groups is 1. The smallest absolute Gasteiger partial charge is 0.267 e. The molecule has 2 N–H and O–H groups in total. The highest BCUT2D eigenvalue weighted by molar-refractivity contribution is 7.98. The zero-order chi connectivity index (χ0) is 17.7. The van der Waals surface area contributed by atoms with Crippen LogP contribution < -0.4 is 10.9 Å². The molecule has 0 radical (unpaired) electrons. The summed E-state index contributed by atoms with van der Waals surface area (Å²) < 4.78 is 12.8. The summed E-state index contributed by atoms with van der Waals surface area (Å²) in [4.78, 5) is 34.6. The second kappa shape index (κ2) is 7.55. The summed E-state index contributed by atoms with van der Waals surface area (Å²) in [6.07, 6.45) is 1.69. The van der Waals surface area contributed by atoms with Crippen molar-refractivity contribution in [2.45, 2.75) is 4.90 Å². The molecule has 0 saturated heterocycles. The van der Waals surface area contributed by atoms with Gasteiger partial charge in [0, 0.05) is 17.2 Å². The number of hydrazine groups is 1. The Morgan fingerprint density at radius 2 is 1.58 bits per heavy atom. The molecule has 0 unspecified atom stereocenters. The van der Waals surface area contributed by atoms with Gasteiger partial charge in [0.15, 0.2) is 0 Å². The molecule has 24 heavy (non-hydrogen) atoms. The quantitative estimate of drug-likeness (QED) is 0.502. The first-order valence-electron chi connectivity index (χ1n) is 6.61. The highest BCUT2D eigenvalue weighted by Gasteiger charge is 2.17. The van der Waals surface area contributed by atoms with Crippen LogP contribution in [0.25, 0.3) is 0 Å². The molecule has 2 amide bonds. The van der Waals surface area contributed by atoms with E-state index >= 15 is 0 Å². The zero-order valence-electron chi connectivity index (χ0n) is 12.4. The van der Waals surface area contributed by atoms with Crippen molar-refractivity contribution in [1.82, 2.24) is 10.9 Å². The van der Waals surface area contributed by atoms with E-state index in [0.717, 1.165) is 18.2 Å². The van der Waals surface area contributed by atoms with Crippen molar-refractivity contribution in [3.05, 3.63) is 69.5 Å². The van der Waals surface area contributed by atoms with E-state index in [1.54, 1.807) is 6.26 Å². The van der Waals surface area contributed by atoms with E-state index in [2.05, 4.69) is 10.9 Å². The van der Waals surface area contributed by atoms with Gasteiger partial charge >= 0.3 is 0 Å². The van der Waals surface area contributed by atoms with Crippen LogP contribution >= 0.6 is 11.8 Å². The predicted molar refractivity (Wildman–Crippen MR) is 86.2 cm³/mol. The predicted octanol–water partition coefficient (Wildman–Crippen LogP) is 2.53. The van der Waals surface area contributed by atoms with E-state index in [1.807, 2.05) is 0 Å². The molecular weight excluding hydrogens is 337 g/mol. The molecule has 9 heteroatoms. The summed E-state index contributed by atoms with van der Waals surface area (Å²) in [7, 11) is 0. The Hall–Kier alpha value is -2.94. The van der Waals surface area contributed by atoms with Crippen LogP contribution in [0.4, 0.5) is 10.1 Å². The highest BCUT2D eigenvalue weighted by atomic mass is 32.2. The van der Waals surface area contributed by atoms with Crippen molar-refractivity contribution in [2.24, 2.45) is 0 Å². The largest absolute Gasteiger partial charge is 0.283 e. The number of carbonyl (C=O) groups is 2. The molecule has 124 valence electrons. The minimum absolute atomic E-state index is 0.0268. The average Bonchev–Trinajstić information content (AvgIpc) is 2.59. The Morgan fingerprint density at radius 1 is 1.04 bits per heavy atom. The first-order chi connectivity index (χ1) is 11.4. The topological polar surface area (TPSA) is 101 Å². The molecule has 0 fully saturated rings. The monoisotopic (exact) mass is 349 g/mol. The number of nitro benzene ring substituents is 1. The lowest BCUT2D eigenvalue weighted by Crippen LogP contribution is -2.41. The summed E-state index contributed by atoms with van der Waals surface area (Å²) in [6.45, 7) is 0. The first kappa shape index (κ1) is 17.4. The van der Waals surface area contributed by atoms with Gasteiger partial charge in [-0.1, -0.05) is 0 Å². The summed E-state index contributed by atoms with van der Waals surface area (Å²) in [5.41, 5.74) is 4.30. The Bertz CT molecular complexity index is 796. The number of carbonyl (C=O) groups excluding carboxylic acids is 2. The lowest BCUT2D eigenvalue weighted by molar-refractivity contribution is -0.387.